The molecule has 0 fully saturated rings. The maximum Gasteiger partial charge on any atom is 0.141 e. The summed E-state index contributed by atoms with van der Waals surface area (Å²) in [4.78, 5) is 0. The molecule has 0 spiro atoms. The van der Waals surface area contributed by atoms with Crippen molar-refractivity contribution in [3.63, 3.8) is 0 Å². The highest BCUT2D eigenvalue weighted by Gasteiger charge is 2.17. The van der Waals surface area contributed by atoms with E-state index in [1.807, 2.05) is 0 Å². The van der Waals surface area contributed by atoms with Crippen LogP contribution >= 0.6 is 0 Å². The first-order valence-corrected chi connectivity index (χ1v) is 7.12. The summed E-state index contributed by atoms with van der Waals surface area (Å²) < 4.78 is 51.2. The van der Waals surface area contributed by atoms with Crippen molar-refractivity contribution in [2.75, 3.05) is 6.61 Å². The third kappa shape index (κ3) is 2.82. The average Bonchev–Trinajstić information content (AvgIpc) is 3.22. The predicted molar refractivity (Wildman–Crippen MR) is 84.4 cm³/mol. The predicted octanol–water partition coefficient (Wildman–Crippen LogP) is 3.66. The summed E-state index contributed by atoms with van der Waals surface area (Å²) in [5.74, 6) is -0.580. The molecule has 24 heavy (non-hydrogen) atoms. The van der Waals surface area contributed by atoms with E-state index in [1.165, 1.54) is 30.5 Å². The second-order valence-corrected chi connectivity index (χ2v) is 5.01. The maximum atomic E-state index is 13.4. The quantitative estimate of drug-likeness (QED) is 0.739. The Morgan fingerprint density at radius 2 is 2.00 bits per heavy atom. The Balaban J connectivity index is 0.000000152. The van der Waals surface area contributed by atoms with Gasteiger partial charge < -0.3 is 14.9 Å². The third-order valence-corrected chi connectivity index (χ3v) is 3.67. The first-order chi connectivity index (χ1) is 12.3. The molecule has 2 aromatic carbocycles. The summed E-state index contributed by atoms with van der Waals surface area (Å²) in [6.45, 7) is -1.69. The lowest BCUT2D eigenvalue weighted by Crippen LogP contribution is -2.03. The van der Waals surface area contributed by atoms with Crippen molar-refractivity contribution in [1.82, 2.24) is 0 Å². The molecule has 0 saturated carbocycles. The van der Waals surface area contributed by atoms with E-state index in [0.29, 0.717) is 35.3 Å². The minimum absolute atomic E-state index is 0.0428. The molecule has 1 aliphatic heterocycles. The zero-order valence-corrected chi connectivity index (χ0v) is 12.5. The van der Waals surface area contributed by atoms with Crippen molar-refractivity contribution < 1.29 is 20.7 Å². The average molecular weight is 330 g/mol. The molecule has 2 N–H and O–H groups in total. The van der Waals surface area contributed by atoms with Gasteiger partial charge in [-0.25, -0.2) is 8.78 Å². The van der Waals surface area contributed by atoms with Crippen molar-refractivity contribution in [2.45, 2.75) is 12.9 Å². The lowest BCUT2D eigenvalue weighted by molar-refractivity contribution is 0.356. The molecule has 4 nitrogen and oxygen atoms in total. The summed E-state index contributed by atoms with van der Waals surface area (Å²) in [7, 11) is 0. The first kappa shape index (κ1) is 13.5. The van der Waals surface area contributed by atoms with Gasteiger partial charge in [-0.1, -0.05) is 0 Å². The molecule has 0 atom stereocenters. The van der Waals surface area contributed by atoms with Crippen molar-refractivity contribution in [3.8, 4) is 11.8 Å². The van der Waals surface area contributed by atoms with Gasteiger partial charge >= 0.3 is 0 Å². The third-order valence-electron chi connectivity index (χ3n) is 3.67. The van der Waals surface area contributed by atoms with Crippen LogP contribution < -0.4 is 10.5 Å². The number of hydrogen-bond acceptors (Lipinski definition) is 4. The van der Waals surface area contributed by atoms with E-state index in [1.54, 1.807) is 12.1 Å². The molecule has 0 radical (unpaired) electrons. The number of fused-ring (bicyclic) bond motifs is 2. The van der Waals surface area contributed by atoms with Crippen LogP contribution in [0.1, 0.15) is 19.4 Å². The van der Waals surface area contributed by atoms with Crippen LogP contribution in [-0.2, 0) is 12.9 Å². The molecule has 3 aromatic rings. The highest BCUT2D eigenvalue weighted by Crippen LogP contribution is 2.29. The number of nitrogens with two attached hydrogens (primary N) is 1. The summed E-state index contributed by atoms with van der Waals surface area (Å²) in [6, 6.07) is 8.79. The molecule has 0 aliphatic carbocycles. The van der Waals surface area contributed by atoms with Gasteiger partial charge in [-0.2, -0.15) is 5.26 Å². The van der Waals surface area contributed by atoms with Crippen LogP contribution in [0.25, 0.3) is 11.0 Å². The molecule has 6 heteroatoms. The van der Waals surface area contributed by atoms with Gasteiger partial charge in [-0.05, 0) is 30.3 Å². The minimum Gasteiger partial charge on any atom is -0.493 e. The number of halogens is 2. The number of furan rings is 1. The van der Waals surface area contributed by atoms with Gasteiger partial charge in [0.15, 0.2) is 0 Å². The number of benzene rings is 2. The maximum absolute atomic E-state index is 13.4. The molecule has 122 valence electrons. The van der Waals surface area contributed by atoms with Gasteiger partial charge in [0.25, 0.3) is 0 Å². The Morgan fingerprint density at radius 1 is 1.21 bits per heavy atom. The Bertz CT molecular complexity index is 1010. The van der Waals surface area contributed by atoms with E-state index in [0.717, 1.165) is 0 Å². The van der Waals surface area contributed by atoms with Crippen molar-refractivity contribution in [3.05, 3.63) is 64.9 Å². The van der Waals surface area contributed by atoms with Crippen LogP contribution in [0.4, 0.5) is 8.78 Å². The van der Waals surface area contributed by atoms with Crippen LogP contribution in [-0.4, -0.2) is 6.61 Å². The number of hydrogen-bond donors (Lipinski definition) is 1. The SMILES string of the molecule is N#Cc1c(F)ccc2occc12.[2H]C([2H])(N)c1c(F)ccc2c1CCO2. The Morgan fingerprint density at radius 3 is 2.75 bits per heavy atom. The summed E-state index contributed by atoms with van der Waals surface area (Å²) in [5, 5.41) is 9.13. The van der Waals surface area contributed by atoms with E-state index in [9.17, 15) is 8.78 Å². The van der Waals surface area contributed by atoms with E-state index in [4.69, 9.17) is 22.9 Å². The van der Waals surface area contributed by atoms with E-state index >= 15 is 0 Å². The highest BCUT2D eigenvalue weighted by molar-refractivity contribution is 5.83. The minimum atomic E-state index is -2.15. The van der Waals surface area contributed by atoms with Gasteiger partial charge in [0, 0.05) is 32.2 Å². The van der Waals surface area contributed by atoms with E-state index < -0.39 is 18.1 Å². The number of nitriles is 1. The Hall–Kier alpha value is -2.91. The van der Waals surface area contributed by atoms with Crippen LogP contribution in [0.5, 0.6) is 5.75 Å². The number of rotatable bonds is 1. The molecular weight excluding hydrogens is 314 g/mol. The fraction of sp³-hybridized carbons (Fsp3) is 0.167. The van der Waals surface area contributed by atoms with Gasteiger partial charge in [-0.15, -0.1) is 0 Å². The molecule has 0 saturated heterocycles. The van der Waals surface area contributed by atoms with Crippen molar-refractivity contribution in [1.29, 1.82) is 5.26 Å². The van der Waals surface area contributed by atoms with Crippen LogP contribution in [0, 0.1) is 23.0 Å². The molecule has 4 rings (SSSR count). The molecule has 1 aromatic heterocycles. The monoisotopic (exact) mass is 330 g/mol. The molecule has 0 bridgehead atoms. The lowest BCUT2D eigenvalue weighted by Gasteiger charge is -2.04. The topological polar surface area (TPSA) is 72.2 Å². The van der Waals surface area contributed by atoms with Crippen LogP contribution in [0.3, 0.4) is 0 Å². The summed E-state index contributed by atoms with van der Waals surface area (Å²) in [6.07, 6.45) is 1.95. The molecular formula is C18H14F2N2O2. The smallest absolute Gasteiger partial charge is 0.141 e. The van der Waals surface area contributed by atoms with Gasteiger partial charge in [0.1, 0.15) is 29.0 Å². The second kappa shape index (κ2) is 6.69. The molecule has 0 amide bonds. The van der Waals surface area contributed by atoms with Crippen molar-refractivity contribution in [2.24, 2.45) is 5.73 Å². The molecule has 2 heterocycles. The normalized spacial score (nSPS) is 13.9. The standard InChI is InChI=1S/C9H10FNO.C9H4FNO/c2*10-8-1-2-9-6(3-4-12-9)7(8)5-11/h1-2H,3-5,11H2;1-4H/i5D2;. The summed E-state index contributed by atoms with van der Waals surface area (Å²) >= 11 is 0. The van der Waals surface area contributed by atoms with E-state index in [-0.39, 0.29) is 11.1 Å². The zero-order valence-electron chi connectivity index (χ0n) is 14.5. The lowest BCUT2D eigenvalue weighted by atomic mass is 10.0. The van der Waals surface area contributed by atoms with Crippen LogP contribution in [0.15, 0.2) is 41.0 Å². The first-order valence-electron chi connectivity index (χ1n) is 8.12. The second-order valence-electron chi connectivity index (χ2n) is 5.01. The fourth-order valence-corrected chi connectivity index (χ4v) is 2.53. The summed E-state index contributed by atoms with van der Waals surface area (Å²) in [5.41, 5.74) is 6.32. The Labute approximate surface area is 139 Å². The fourth-order valence-electron chi connectivity index (χ4n) is 2.53. The Kier molecular flexibility index (Phi) is 3.77. The van der Waals surface area contributed by atoms with Crippen LogP contribution in [0.2, 0.25) is 0 Å². The highest BCUT2D eigenvalue weighted by atomic mass is 19.1. The molecule has 1 aliphatic rings. The van der Waals surface area contributed by atoms with E-state index in [2.05, 4.69) is 0 Å². The van der Waals surface area contributed by atoms with Crippen molar-refractivity contribution >= 4 is 11.0 Å². The largest absolute Gasteiger partial charge is 0.493 e. The van der Waals surface area contributed by atoms with Gasteiger partial charge in [0.2, 0.25) is 0 Å². The van der Waals surface area contributed by atoms with Gasteiger partial charge in [-0.3, -0.25) is 0 Å². The van der Waals surface area contributed by atoms with Gasteiger partial charge in [0.05, 0.1) is 18.4 Å². The zero-order chi connectivity index (χ0) is 18.9. The number of nitrogens with zero attached hydrogens (tertiary/aromatic N) is 1. The number of ether oxygens (including phenoxy) is 1. The molecule has 0 unspecified atom stereocenters.